The molecule has 2 heterocycles. The zero-order valence-corrected chi connectivity index (χ0v) is 9.44. The Morgan fingerprint density at radius 1 is 1.50 bits per heavy atom. The van der Waals surface area contributed by atoms with Gasteiger partial charge in [0, 0.05) is 23.9 Å². The molecule has 0 aromatic carbocycles. The van der Waals surface area contributed by atoms with E-state index in [2.05, 4.69) is 19.9 Å². The molecule has 0 aliphatic heterocycles. The number of hydrogen-bond donors (Lipinski definition) is 1. The molecular formula is C10H10N4OS. The molecule has 1 amide bonds. The summed E-state index contributed by atoms with van der Waals surface area (Å²) in [6.07, 6.45) is 4.90. The van der Waals surface area contributed by atoms with E-state index in [9.17, 15) is 4.79 Å². The SMILES string of the molecule is C[C@H](C(=O)Nc1cnns1)c1cccnc1. The third-order valence-electron chi connectivity index (χ3n) is 2.19. The summed E-state index contributed by atoms with van der Waals surface area (Å²) < 4.78 is 3.67. The van der Waals surface area contributed by atoms with Crippen LogP contribution in [0.1, 0.15) is 18.4 Å². The lowest BCUT2D eigenvalue weighted by atomic mass is 10.0. The first-order valence-electron chi connectivity index (χ1n) is 4.75. The fourth-order valence-corrected chi connectivity index (χ4v) is 1.66. The summed E-state index contributed by atoms with van der Waals surface area (Å²) in [7, 11) is 0. The Morgan fingerprint density at radius 2 is 2.38 bits per heavy atom. The molecule has 0 saturated carbocycles. The van der Waals surface area contributed by atoms with Crippen molar-refractivity contribution in [3.63, 3.8) is 0 Å². The number of aromatic nitrogens is 3. The summed E-state index contributed by atoms with van der Waals surface area (Å²) in [6, 6.07) is 3.69. The molecule has 6 heteroatoms. The van der Waals surface area contributed by atoms with E-state index in [-0.39, 0.29) is 11.8 Å². The van der Waals surface area contributed by atoms with Gasteiger partial charge in [-0.2, -0.15) is 0 Å². The lowest BCUT2D eigenvalue weighted by Crippen LogP contribution is -2.18. The van der Waals surface area contributed by atoms with E-state index in [0.717, 1.165) is 17.1 Å². The minimum atomic E-state index is -0.240. The van der Waals surface area contributed by atoms with Crippen LogP contribution in [0, 0.1) is 0 Å². The largest absolute Gasteiger partial charge is 0.315 e. The Labute approximate surface area is 96.7 Å². The number of nitrogens with one attached hydrogen (secondary N) is 1. The maximum Gasteiger partial charge on any atom is 0.232 e. The van der Waals surface area contributed by atoms with Gasteiger partial charge in [0.25, 0.3) is 0 Å². The second-order valence-corrected chi connectivity index (χ2v) is 4.06. The Bertz CT molecular complexity index is 457. The van der Waals surface area contributed by atoms with Gasteiger partial charge in [0.15, 0.2) is 0 Å². The topological polar surface area (TPSA) is 67.8 Å². The second-order valence-electron chi connectivity index (χ2n) is 3.28. The van der Waals surface area contributed by atoms with Crippen LogP contribution in [0.3, 0.4) is 0 Å². The lowest BCUT2D eigenvalue weighted by Gasteiger charge is -2.09. The van der Waals surface area contributed by atoms with E-state index in [1.807, 2.05) is 19.1 Å². The van der Waals surface area contributed by atoms with Crippen molar-refractivity contribution in [3.8, 4) is 0 Å². The highest BCUT2D eigenvalue weighted by molar-refractivity contribution is 7.10. The van der Waals surface area contributed by atoms with Crippen molar-refractivity contribution >= 4 is 22.4 Å². The highest BCUT2D eigenvalue weighted by Gasteiger charge is 2.15. The Kier molecular flexibility index (Phi) is 3.21. The fraction of sp³-hybridized carbons (Fsp3) is 0.200. The van der Waals surface area contributed by atoms with E-state index in [1.54, 1.807) is 12.4 Å². The number of carbonyl (C=O) groups excluding carboxylic acids is 1. The predicted octanol–water partition coefficient (Wildman–Crippen LogP) is 1.68. The van der Waals surface area contributed by atoms with Crippen molar-refractivity contribution in [1.29, 1.82) is 0 Å². The van der Waals surface area contributed by atoms with E-state index in [0.29, 0.717) is 5.00 Å². The van der Waals surface area contributed by atoms with Crippen LogP contribution in [0.25, 0.3) is 0 Å². The van der Waals surface area contributed by atoms with Crippen molar-refractivity contribution in [2.45, 2.75) is 12.8 Å². The highest BCUT2D eigenvalue weighted by Crippen LogP contribution is 2.17. The molecule has 0 radical (unpaired) electrons. The quantitative estimate of drug-likeness (QED) is 0.877. The smallest absolute Gasteiger partial charge is 0.232 e. The second kappa shape index (κ2) is 4.80. The number of nitrogens with zero attached hydrogens (tertiary/aromatic N) is 3. The number of anilines is 1. The van der Waals surface area contributed by atoms with Crippen LogP contribution in [-0.2, 0) is 4.79 Å². The number of carbonyl (C=O) groups is 1. The van der Waals surface area contributed by atoms with Crippen molar-refractivity contribution in [3.05, 3.63) is 36.3 Å². The van der Waals surface area contributed by atoms with Crippen LogP contribution >= 0.6 is 11.5 Å². The van der Waals surface area contributed by atoms with Crippen LogP contribution in [0.2, 0.25) is 0 Å². The fourth-order valence-electron chi connectivity index (χ4n) is 1.24. The van der Waals surface area contributed by atoms with Gasteiger partial charge in [0.05, 0.1) is 12.1 Å². The molecule has 2 aromatic rings. The third kappa shape index (κ3) is 2.40. The lowest BCUT2D eigenvalue weighted by molar-refractivity contribution is -0.117. The average molecular weight is 234 g/mol. The molecular weight excluding hydrogens is 224 g/mol. The summed E-state index contributed by atoms with van der Waals surface area (Å²) in [5.74, 6) is -0.324. The van der Waals surface area contributed by atoms with Crippen molar-refractivity contribution < 1.29 is 4.79 Å². The molecule has 0 unspecified atom stereocenters. The normalized spacial score (nSPS) is 12.1. The Hall–Kier alpha value is -1.82. The van der Waals surface area contributed by atoms with Gasteiger partial charge < -0.3 is 5.32 Å². The zero-order valence-electron chi connectivity index (χ0n) is 8.62. The third-order valence-corrected chi connectivity index (χ3v) is 2.77. The van der Waals surface area contributed by atoms with E-state index in [4.69, 9.17) is 0 Å². The van der Waals surface area contributed by atoms with Gasteiger partial charge in [0.2, 0.25) is 5.91 Å². The van der Waals surface area contributed by atoms with Gasteiger partial charge in [-0.05, 0) is 18.6 Å². The zero-order chi connectivity index (χ0) is 11.4. The van der Waals surface area contributed by atoms with Crippen LogP contribution < -0.4 is 5.32 Å². The van der Waals surface area contributed by atoms with Gasteiger partial charge in [0.1, 0.15) is 5.00 Å². The summed E-state index contributed by atoms with van der Waals surface area (Å²) in [5.41, 5.74) is 0.887. The first kappa shape index (κ1) is 10.7. The molecule has 0 aliphatic rings. The molecule has 1 atom stereocenters. The molecule has 16 heavy (non-hydrogen) atoms. The number of hydrogen-bond acceptors (Lipinski definition) is 5. The summed E-state index contributed by atoms with van der Waals surface area (Å²) in [6.45, 7) is 1.83. The van der Waals surface area contributed by atoms with Gasteiger partial charge in [-0.15, -0.1) is 5.10 Å². The van der Waals surface area contributed by atoms with E-state index < -0.39 is 0 Å². The average Bonchev–Trinajstić information content (AvgIpc) is 2.82. The molecule has 0 saturated heterocycles. The van der Waals surface area contributed by atoms with Crippen LogP contribution in [-0.4, -0.2) is 20.5 Å². The molecule has 0 bridgehead atoms. The molecule has 1 N–H and O–H groups in total. The Morgan fingerprint density at radius 3 is 3.00 bits per heavy atom. The van der Waals surface area contributed by atoms with Crippen LogP contribution in [0.5, 0.6) is 0 Å². The van der Waals surface area contributed by atoms with Crippen molar-refractivity contribution in [1.82, 2.24) is 14.6 Å². The molecule has 2 rings (SSSR count). The molecule has 0 aliphatic carbocycles. The van der Waals surface area contributed by atoms with Crippen LogP contribution in [0.4, 0.5) is 5.00 Å². The van der Waals surface area contributed by atoms with Gasteiger partial charge >= 0.3 is 0 Å². The minimum Gasteiger partial charge on any atom is -0.315 e. The summed E-state index contributed by atoms with van der Waals surface area (Å²) >= 11 is 1.16. The van der Waals surface area contributed by atoms with E-state index >= 15 is 0 Å². The summed E-state index contributed by atoms with van der Waals surface area (Å²) in [4.78, 5) is 15.8. The standard InChI is InChI=1S/C10H10N4OS/c1-7(8-3-2-4-11-5-8)10(15)13-9-6-12-14-16-9/h2-7H,1H3,(H,13,15)/t7-/m0/s1. The van der Waals surface area contributed by atoms with Crippen molar-refractivity contribution in [2.24, 2.45) is 0 Å². The maximum absolute atomic E-state index is 11.8. The van der Waals surface area contributed by atoms with E-state index in [1.165, 1.54) is 6.20 Å². The predicted molar refractivity (Wildman–Crippen MR) is 61.2 cm³/mol. The maximum atomic E-state index is 11.8. The van der Waals surface area contributed by atoms with Gasteiger partial charge in [-0.25, -0.2) is 0 Å². The molecule has 2 aromatic heterocycles. The summed E-state index contributed by atoms with van der Waals surface area (Å²) in [5, 5.41) is 7.05. The van der Waals surface area contributed by atoms with Gasteiger partial charge in [-0.3, -0.25) is 9.78 Å². The van der Waals surface area contributed by atoms with Gasteiger partial charge in [-0.1, -0.05) is 10.6 Å². The molecule has 0 spiro atoms. The number of rotatable bonds is 3. The van der Waals surface area contributed by atoms with Crippen molar-refractivity contribution in [2.75, 3.05) is 5.32 Å². The first-order chi connectivity index (χ1) is 7.77. The minimum absolute atomic E-state index is 0.0842. The molecule has 82 valence electrons. The van der Waals surface area contributed by atoms with Crippen LogP contribution in [0.15, 0.2) is 30.7 Å². The monoisotopic (exact) mass is 234 g/mol. The number of pyridine rings is 1. The molecule has 5 nitrogen and oxygen atoms in total. The Balaban J connectivity index is 2.05. The molecule has 0 fully saturated rings. The number of amides is 1. The highest BCUT2D eigenvalue weighted by atomic mass is 32.1. The first-order valence-corrected chi connectivity index (χ1v) is 5.53.